The summed E-state index contributed by atoms with van der Waals surface area (Å²) < 4.78 is 10.1. The molecule has 0 amide bonds. The van der Waals surface area contributed by atoms with Crippen molar-refractivity contribution in [2.24, 2.45) is 0 Å². The second kappa shape index (κ2) is 8.95. The monoisotopic (exact) mass is 299 g/mol. The molecule has 1 atom stereocenters. The first kappa shape index (κ1) is 17.0. The predicted octanol–water partition coefficient (Wildman–Crippen LogP) is 2.91. The van der Waals surface area contributed by atoms with Crippen LogP contribution in [0.1, 0.15) is 25.5 Å². The Bertz CT molecular complexity index is 408. The van der Waals surface area contributed by atoms with Gasteiger partial charge in [-0.1, -0.05) is 23.7 Å². The third kappa shape index (κ3) is 5.90. The van der Waals surface area contributed by atoms with Crippen molar-refractivity contribution in [1.82, 2.24) is 4.90 Å². The molecule has 0 N–H and O–H groups in total. The number of ether oxygens (including phenoxy) is 2. The van der Waals surface area contributed by atoms with Gasteiger partial charge in [0.2, 0.25) is 0 Å². The fourth-order valence-electron chi connectivity index (χ4n) is 1.76. The van der Waals surface area contributed by atoms with Crippen molar-refractivity contribution in [2.75, 3.05) is 33.4 Å². The molecule has 5 heteroatoms. The van der Waals surface area contributed by atoms with Gasteiger partial charge in [0.15, 0.2) is 0 Å². The predicted molar refractivity (Wildman–Crippen MR) is 79.9 cm³/mol. The van der Waals surface area contributed by atoms with E-state index in [1.165, 1.54) is 5.56 Å². The summed E-state index contributed by atoms with van der Waals surface area (Å²) in [5.41, 5.74) is 1.20. The number of likely N-dealkylation sites (N-methyl/N-ethyl adjacent to an activating group) is 1. The average molecular weight is 300 g/mol. The highest BCUT2D eigenvalue weighted by Crippen LogP contribution is 2.20. The SMILES string of the molecule is CCOC(=O)COCCN(C)C(C)c1ccc(Cl)cc1. The van der Waals surface area contributed by atoms with Gasteiger partial charge >= 0.3 is 5.97 Å². The van der Waals surface area contributed by atoms with Crippen molar-refractivity contribution in [3.8, 4) is 0 Å². The first-order chi connectivity index (χ1) is 9.54. The first-order valence-electron chi connectivity index (χ1n) is 6.73. The van der Waals surface area contributed by atoms with E-state index in [0.717, 1.165) is 11.6 Å². The molecule has 20 heavy (non-hydrogen) atoms. The second-order valence-electron chi connectivity index (χ2n) is 4.57. The van der Waals surface area contributed by atoms with Crippen LogP contribution in [-0.4, -0.2) is 44.3 Å². The molecule has 0 aliphatic carbocycles. The minimum absolute atomic E-state index is 0.0109. The van der Waals surface area contributed by atoms with E-state index >= 15 is 0 Å². The zero-order valence-corrected chi connectivity index (χ0v) is 13.0. The number of halogens is 1. The third-order valence-electron chi connectivity index (χ3n) is 3.13. The van der Waals surface area contributed by atoms with Gasteiger partial charge in [-0.25, -0.2) is 4.79 Å². The van der Waals surface area contributed by atoms with E-state index < -0.39 is 0 Å². The van der Waals surface area contributed by atoms with Gasteiger partial charge in [-0.15, -0.1) is 0 Å². The molecule has 0 radical (unpaired) electrons. The minimum Gasteiger partial charge on any atom is -0.464 e. The summed E-state index contributed by atoms with van der Waals surface area (Å²) in [5, 5.41) is 0.737. The van der Waals surface area contributed by atoms with Crippen molar-refractivity contribution in [3.05, 3.63) is 34.9 Å². The van der Waals surface area contributed by atoms with Crippen LogP contribution < -0.4 is 0 Å². The van der Waals surface area contributed by atoms with Crippen LogP contribution in [0.2, 0.25) is 5.02 Å². The van der Waals surface area contributed by atoms with Gasteiger partial charge in [0.25, 0.3) is 0 Å². The molecule has 0 aromatic heterocycles. The van der Waals surface area contributed by atoms with E-state index in [9.17, 15) is 4.79 Å². The molecule has 0 fully saturated rings. The molecular formula is C15H22ClNO3. The molecule has 0 spiro atoms. The van der Waals surface area contributed by atoms with E-state index in [2.05, 4.69) is 11.8 Å². The van der Waals surface area contributed by atoms with E-state index in [1.54, 1.807) is 6.92 Å². The average Bonchev–Trinajstić information content (AvgIpc) is 2.43. The van der Waals surface area contributed by atoms with Gasteiger partial charge in [0, 0.05) is 17.6 Å². The lowest BCUT2D eigenvalue weighted by molar-refractivity contribution is -0.148. The van der Waals surface area contributed by atoms with Crippen molar-refractivity contribution < 1.29 is 14.3 Å². The van der Waals surface area contributed by atoms with Crippen LogP contribution in [0.4, 0.5) is 0 Å². The molecule has 0 bridgehead atoms. The van der Waals surface area contributed by atoms with Crippen LogP contribution in [0.15, 0.2) is 24.3 Å². The Morgan fingerprint density at radius 2 is 2.00 bits per heavy atom. The molecule has 0 heterocycles. The molecule has 0 saturated carbocycles. The van der Waals surface area contributed by atoms with Gasteiger partial charge < -0.3 is 9.47 Å². The van der Waals surface area contributed by atoms with Crippen molar-refractivity contribution in [2.45, 2.75) is 19.9 Å². The quantitative estimate of drug-likeness (QED) is 0.546. The maximum atomic E-state index is 11.1. The number of hydrogen-bond acceptors (Lipinski definition) is 4. The summed E-state index contributed by atoms with van der Waals surface area (Å²) in [6.45, 7) is 5.53. The zero-order valence-electron chi connectivity index (χ0n) is 12.3. The topological polar surface area (TPSA) is 38.8 Å². The number of nitrogens with zero attached hydrogens (tertiary/aromatic N) is 1. The molecule has 1 unspecified atom stereocenters. The number of esters is 1. The molecule has 4 nitrogen and oxygen atoms in total. The highest BCUT2D eigenvalue weighted by atomic mass is 35.5. The van der Waals surface area contributed by atoms with Gasteiger partial charge in [0.05, 0.1) is 13.2 Å². The fraction of sp³-hybridized carbons (Fsp3) is 0.533. The summed E-state index contributed by atoms with van der Waals surface area (Å²) in [6, 6.07) is 8.07. The highest BCUT2D eigenvalue weighted by Gasteiger charge is 2.11. The van der Waals surface area contributed by atoms with Crippen LogP contribution in [0.25, 0.3) is 0 Å². The first-order valence-corrected chi connectivity index (χ1v) is 7.11. The van der Waals surface area contributed by atoms with Crippen LogP contribution in [0.5, 0.6) is 0 Å². The lowest BCUT2D eigenvalue weighted by atomic mass is 10.1. The van der Waals surface area contributed by atoms with Gasteiger partial charge in [-0.2, -0.15) is 0 Å². The number of rotatable bonds is 8. The zero-order chi connectivity index (χ0) is 15.0. The Balaban J connectivity index is 2.30. The van der Waals surface area contributed by atoms with Crippen LogP contribution in [0, 0.1) is 0 Å². The van der Waals surface area contributed by atoms with Gasteiger partial charge in [0.1, 0.15) is 6.61 Å². The fourth-order valence-corrected chi connectivity index (χ4v) is 1.88. The van der Waals surface area contributed by atoms with Crippen molar-refractivity contribution in [3.63, 3.8) is 0 Å². The lowest BCUT2D eigenvalue weighted by Gasteiger charge is -2.24. The van der Waals surface area contributed by atoms with Crippen molar-refractivity contribution in [1.29, 1.82) is 0 Å². The number of benzene rings is 1. The van der Waals surface area contributed by atoms with Crippen LogP contribution >= 0.6 is 11.6 Å². The molecule has 0 saturated heterocycles. The number of hydrogen-bond donors (Lipinski definition) is 0. The Labute approximate surface area is 125 Å². The Kier molecular flexibility index (Phi) is 7.59. The maximum Gasteiger partial charge on any atom is 0.332 e. The molecular weight excluding hydrogens is 278 g/mol. The normalized spacial score (nSPS) is 12.4. The van der Waals surface area contributed by atoms with E-state index in [-0.39, 0.29) is 18.6 Å². The summed E-state index contributed by atoms with van der Waals surface area (Å²) in [5.74, 6) is -0.319. The molecule has 0 aliphatic heterocycles. The highest BCUT2D eigenvalue weighted by molar-refractivity contribution is 6.30. The minimum atomic E-state index is -0.319. The lowest BCUT2D eigenvalue weighted by Crippen LogP contribution is -2.27. The molecule has 0 aliphatic rings. The molecule has 112 valence electrons. The number of carbonyl (C=O) groups is 1. The van der Waals surface area contributed by atoms with Gasteiger partial charge in [-0.3, -0.25) is 4.90 Å². The van der Waals surface area contributed by atoms with E-state index in [0.29, 0.717) is 13.2 Å². The molecule has 1 rings (SSSR count). The Morgan fingerprint density at radius 3 is 2.60 bits per heavy atom. The van der Waals surface area contributed by atoms with Gasteiger partial charge in [-0.05, 0) is 38.6 Å². The van der Waals surface area contributed by atoms with Crippen molar-refractivity contribution >= 4 is 17.6 Å². The number of carbonyl (C=O) groups excluding carboxylic acids is 1. The van der Waals surface area contributed by atoms with Crippen LogP contribution in [-0.2, 0) is 14.3 Å². The second-order valence-corrected chi connectivity index (χ2v) is 5.00. The third-order valence-corrected chi connectivity index (χ3v) is 3.38. The summed E-state index contributed by atoms with van der Waals surface area (Å²) in [6.07, 6.45) is 0. The summed E-state index contributed by atoms with van der Waals surface area (Å²) >= 11 is 5.88. The van der Waals surface area contributed by atoms with Crippen LogP contribution in [0.3, 0.4) is 0 Å². The Morgan fingerprint density at radius 1 is 1.35 bits per heavy atom. The standard InChI is InChI=1S/C15H22ClNO3/c1-4-20-15(18)11-19-10-9-17(3)12(2)13-5-7-14(16)8-6-13/h5-8,12H,4,9-11H2,1-3H3. The largest absolute Gasteiger partial charge is 0.464 e. The molecule has 1 aromatic carbocycles. The van der Waals surface area contributed by atoms with E-state index in [1.807, 2.05) is 31.3 Å². The van der Waals surface area contributed by atoms with E-state index in [4.69, 9.17) is 21.1 Å². The Hall–Kier alpha value is -1.10. The summed E-state index contributed by atoms with van der Waals surface area (Å²) in [7, 11) is 2.02. The smallest absolute Gasteiger partial charge is 0.332 e. The maximum absolute atomic E-state index is 11.1. The molecule has 1 aromatic rings. The summed E-state index contributed by atoms with van der Waals surface area (Å²) in [4.78, 5) is 13.3.